The molecule has 0 bridgehead atoms. The number of nitrogens with one attached hydrogen (secondary N) is 2. The van der Waals surface area contributed by atoms with Crippen LogP contribution in [0.2, 0.25) is 0 Å². The van der Waals surface area contributed by atoms with Crippen LogP contribution in [0.1, 0.15) is 24.8 Å². The quantitative estimate of drug-likeness (QED) is 0.676. The first-order valence-corrected chi connectivity index (χ1v) is 7.38. The number of carbonyl (C=O) groups excluding carboxylic acids is 1. The Morgan fingerprint density at radius 3 is 2.70 bits per heavy atom. The molecule has 110 valence electrons. The second kappa shape index (κ2) is 7.90. The second-order valence-corrected chi connectivity index (χ2v) is 5.38. The van der Waals surface area contributed by atoms with Crippen molar-refractivity contribution in [2.24, 2.45) is 5.92 Å². The van der Waals surface area contributed by atoms with Gasteiger partial charge in [0, 0.05) is 6.54 Å². The van der Waals surface area contributed by atoms with Gasteiger partial charge in [-0.15, -0.1) is 0 Å². The van der Waals surface area contributed by atoms with Crippen LogP contribution >= 0.6 is 0 Å². The fraction of sp³-hybridized carbons (Fsp3) is 0.562. The third-order valence-corrected chi connectivity index (χ3v) is 3.54. The zero-order chi connectivity index (χ0) is 14.2. The van der Waals surface area contributed by atoms with Crippen LogP contribution in [0.4, 0.5) is 0 Å². The molecule has 1 aromatic rings. The van der Waals surface area contributed by atoms with Gasteiger partial charge in [-0.2, -0.15) is 0 Å². The largest absolute Gasteiger partial charge is 0.497 e. The van der Waals surface area contributed by atoms with E-state index < -0.39 is 0 Å². The molecule has 1 aliphatic rings. The molecule has 4 nitrogen and oxygen atoms in total. The Balaban J connectivity index is 1.52. The van der Waals surface area contributed by atoms with E-state index in [1.165, 1.54) is 18.4 Å². The normalized spacial score (nSPS) is 14.1. The van der Waals surface area contributed by atoms with Gasteiger partial charge >= 0.3 is 0 Å². The number of methoxy groups -OCH3 is 1. The molecule has 2 N–H and O–H groups in total. The van der Waals surface area contributed by atoms with Gasteiger partial charge in [-0.25, -0.2) is 0 Å². The molecule has 0 unspecified atom stereocenters. The van der Waals surface area contributed by atoms with Crippen molar-refractivity contribution in [2.45, 2.75) is 25.7 Å². The molecule has 1 fully saturated rings. The fourth-order valence-electron chi connectivity index (χ4n) is 2.09. The van der Waals surface area contributed by atoms with Gasteiger partial charge in [0.05, 0.1) is 13.7 Å². The lowest BCUT2D eigenvalue weighted by molar-refractivity contribution is -0.120. The van der Waals surface area contributed by atoms with Crippen molar-refractivity contribution >= 4 is 5.91 Å². The summed E-state index contributed by atoms with van der Waals surface area (Å²) in [6, 6.07) is 8.07. The number of hydrogen-bond acceptors (Lipinski definition) is 3. The Hall–Kier alpha value is -1.55. The Bertz CT molecular complexity index is 413. The number of rotatable bonds is 9. The first-order chi connectivity index (χ1) is 9.78. The van der Waals surface area contributed by atoms with Gasteiger partial charge < -0.3 is 15.4 Å². The molecule has 0 spiro atoms. The predicted octanol–water partition coefficient (Wildman–Crippen LogP) is 1.74. The van der Waals surface area contributed by atoms with Gasteiger partial charge in [-0.1, -0.05) is 12.1 Å². The maximum Gasteiger partial charge on any atom is 0.233 e. The summed E-state index contributed by atoms with van der Waals surface area (Å²) >= 11 is 0. The maximum atomic E-state index is 11.5. The van der Waals surface area contributed by atoms with E-state index in [0.717, 1.165) is 37.6 Å². The third-order valence-electron chi connectivity index (χ3n) is 3.54. The van der Waals surface area contributed by atoms with Crippen LogP contribution in [-0.4, -0.2) is 32.7 Å². The number of hydrogen-bond donors (Lipinski definition) is 2. The monoisotopic (exact) mass is 276 g/mol. The van der Waals surface area contributed by atoms with Crippen LogP contribution in [0.3, 0.4) is 0 Å². The maximum absolute atomic E-state index is 11.5. The molecule has 0 atom stereocenters. The van der Waals surface area contributed by atoms with E-state index in [0.29, 0.717) is 6.54 Å². The van der Waals surface area contributed by atoms with Crippen molar-refractivity contribution in [2.75, 3.05) is 26.7 Å². The van der Waals surface area contributed by atoms with Crippen LogP contribution in [-0.2, 0) is 11.2 Å². The highest BCUT2D eigenvalue weighted by molar-refractivity contribution is 5.77. The number of benzene rings is 1. The van der Waals surface area contributed by atoms with E-state index in [4.69, 9.17) is 4.74 Å². The van der Waals surface area contributed by atoms with Crippen molar-refractivity contribution in [3.8, 4) is 5.75 Å². The summed E-state index contributed by atoms with van der Waals surface area (Å²) in [5.74, 6) is 1.79. The Kier molecular flexibility index (Phi) is 5.87. The molecule has 20 heavy (non-hydrogen) atoms. The third kappa shape index (κ3) is 5.61. The van der Waals surface area contributed by atoms with Crippen molar-refractivity contribution < 1.29 is 9.53 Å². The van der Waals surface area contributed by atoms with Crippen LogP contribution in [0.25, 0.3) is 0 Å². The topological polar surface area (TPSA) is 50.4 Å². The summed E-state index contributed by atoms with van der Waals surface area (Å²) in [5.41, 5.74) is 1.27. The Labute approximate surface area is 120 Å². The highest BCUT2D eigenvalue weighted by Gasteiger charge is 2.20. The average molecular weight is 276 g/mol. The van der Waals surface area contributed by atoms with Crippen LogP contribution < -0.4 is 15.4 Å². The van der Waals surface area contributed by atoms with E-state index >= 15 is 0 Å². The minimum Gasteiger partial charge on any atom is -0.497 e. The van der Waals surface area contributed by atoms with Crippen LogP contribution in [0.15, 0.2) is 24.3 Å². The zero-order valence-corrected chi connectivity index (χ0v) is 12.2. The molecule has 0 radical (unpaired) electrons. The highest BCUT2D eigenvalue weighted by atomic mass is 16.5. The lowest BCUT2D eigenvalue weighted by atomic mass is 10.1. The van der Waals surface area contributed by atoms with Gasteiger partial charge in [0.2, 0.25) is 5.91 Å². The molecule has 1 aliphatic carbocycles. The molecule has 4 heteroatoms. The fourth-order valence-corrected chi connectivity index (χ4v) is 2.09. The van der Waals surface area contributed by atoms with Gasteiger partial charge in [0.25, 0.3) is 0 Å². The molecule has 2 rings (SSSR count). The van der Waals surface area contributed by atoms with E-state index in [-0.39, 0.29) is 5.91 Å². The van der Waals surface area contributed by atoms with Crippen molar-refractivity contribution in [3.05, 3.63) is 29.8 Å². The minimum atomic E-state index is 0.0976. The molecule has 0 heterocycles. The molecule has 1 aromatic carbocycles. The van der Waals surface area contributed by atoms with E-state index in [2.05, 4.69) is 22.8 Å². The lowest BCUT2D eigenvalue weighted by Crippen LogP contribution is -2.35. The smallest absolute Gasteiger partial charge is 0.233 e. The number of ether oxygens (including phenoxy) is 1. The molecule has 0 saturated heterocycles. The van der Waals surface area contributed by atoms with Crippen LogP contribution in [0, 0.1) is 5.92 Å². The van der Waals surface area contributed by atoms with Crippen molar-refractivity contribution in [1.29, 1.82) is 0 Å². The van der Waals surface area contributed by atoms with E-state index in [9.17, 15) is 4.79 Å². The Morgan fingerprint density at radius 1 is 1.30 bits per heavy atom. The van der Waals surface area contributed by atoms with Gasteiger partial charge in [-0.05, 0) is 55.8 Å². The van der Waals surface area contributed by atoms with Gasteiger partial charge in [0.15, 0.2) is 0 Å². The molecule has 1 amide bonds. The number of amides is 1. The van der Waals surface area contributed by atoms with E-state index in [1.54, 1.807) is 7.11 Å². The standard InChI is InChI=1S/C16H24N2O2/c1-20-15-8-6-13(7-9-15)3-2-10-18-16(19)12-17-11-14-4-5-14/h6-9,14,17H,2-5,10-12H2,1H3,(H,18,19). The van der Waals surface area contributed by atoms with Crippen LogP contribution in [0.5, 0.6) is 5.75 Å². The highest BCUT2D eigenvalue weighted by Crippen LogP contribution is 2.27. The zero-order valence-electron chi connectivity index (χ0n) is 12.2. The number of aryl methyl sites for hydroxylation is 1. The summed E-state index contributed by atoms with van der Waals surface area (Å²) < 4.78 is 5.12. The molecule has 0 aliphatic heterocycles. The Morgan fingerprint density at radius 2 is 2.05 bits per heavy atom. The SMILES string of the molecule is COc1ccc(CCCNC(=O)CNCC2CC2)cc1. The molecular formula is C16H24N2O2. The summed E-state index contributed by atoms with van der Waals surface area (Å²) in [5, 5.41) is 6.14. The summed E-state index contributed by atoms with van der Waals surface area (Å²) in [6.07, 6.45) is 4.56. The van der Waals surface area contributed by atoms with Gasteiger partial charge in [0.1, 0.15) is 5.75 Å². The van der Waals surface area contributed by atoms with Gasteiger partial charge in [-0.3, -0.25) is 4.79 Å². The van der Waals surface area contributed by atoms with Crippen molar-refractivity contribution in [1.82, 2.24) is 10.6 Å². The van der Waals surface area contributed by atoms with E-state index in [1.807, 2.05) is 12.1 Å². The minimum absolute atomic E-state index is 0.0976. The van der Waals surface area contributed by atoms with Crippen molar-refractivity contribution in [3.63, 3.8) is 0 Å². The first kappa shape index (κ1) is 14.9. The summed E-state index contributed by atoms with van der Waals surface area (Å²) in [4.78, 5) is 11.5. The molecular weight excluding hydrogens is 252 g/mol. The average Bonchev–Trinajstić information content (AvgIpc) is 3.28. The molecule has 1 saturated carbocycles. The first-order valence-electron chi connectivity index (χ1n) is 7.38. The summed E-state index contributed by atoms with van der Waals surface area (Å²) in [7, 11) is 1.67. The lowest BCUT2D eigenvalue weighted by Gasteiger charge is -2.07. The summed E-state index contributed by atoms with van der Waals surface area (Å²) in [6.45, 7) is 2.16. The second-order valence-electron chi connectivity index (χ2n) is 5.38. The molecule has 0 aromatic heterocycles. The number of carbonyl (C=O) groups is 1. The predicted molar refractivity (Wildman–Crippen MR) is 79.9 cm³/mol.